The Morgan fingerprint density at radius 1 is 1.22 bits per heavy atom. The minimum Gasteiger partial charge on any atom is -0.378 e. The van der Waals surface area contributed by atoms with E-state index in [2.05, 4.69) is 20.2 Å². The van der Waals surface area contributed by atoms with Crippen LogP contribution in [0.2, 0.25) is 0 Å². The number of hydrogen-bond donors (Lipinski definition) is 1. The lowest BCUT2D eigenvalue weighted by molar-refractivity contribution is 0.101. The quantitative estimate of drug-likeness (QED) is 0.875. The molecule has 0 amide bonds. The summed E-state index contributed by atoms with van der Waals surface area (Å²) >= 11 is 0. The number of morpholine rings is 1. The number of carbonyl (C=O) groups is 1. The summed E-state index contributed by atoms with van der Waals surface area (Å²) in [5, 5.41) is 3.19. The number of nitrogens with one attached hydrogen (secondary N) is 1. The van der Waals surface area contributed by atoms with Crippen molar-refractivity contribution in [1.29, 1.82) is 0 Å². The molecule has 3 rings (SSSR count). The SMILES string of the molecule is CC(=O)c1cccc(Nc2nc(C)cc(N3CCOCC3)n2)c1. The van der Waals surface area contributed by atoms with Crippen LogP contribution in [0.15, 0.2) is 30.3 Å². The first kappa shape index (κ1) is 15.4. The molecule has 2 aromatic rings. The van der Waals surface area contributed by atoms with Gasteiger partial charge in [-0.15, -0.1) is 0 Å². The minimum absolute atomic E-state index is 0.0350. The highest BCUT2D eigenvalue weighted by atomic mass is 16.5. The van der Waals surface area contributed by atoms with Gasteiger partial charge in [0.05, 0.1) is 13.2 Å². The number of ether oxygens (including phenoxy) is 1. The fourth-order valence-electron chi connectivity index (χ4n) is 2.51. The highest BCUT2D eigenvalue weighted by Crippen LogP contribution is 2.20. The summed E-state index contributed by atoms with van der Waals surface area (Å²) in [7, 11) is 0. The van der Waals surface area contributed by atoms with Crippen molar-refractivity contribution in [3.8, 4) is 0 Å². The van der Waals surface area contributed by atoms with E-state index >= 15 is 0 Å². The molecule has 6 nitrogen and oxygen atoms in total. The molecular weight excluding hydrogens is 292 g/mol. The maximum Gasteiger partial charge on any atom is 0.229 e. The maximum absolute atomic E-state index is 11.5. The number of Topliss-reactive ketones (excluding diaryl/α,β-unsaturated/α-hetero) is 1. The lowest BCUT2D eigenvalue weighted by Gasteiger charge is -2.28. The molecule has 1 fully saturated rings. The second-order valence-electron chi connectivity index (χ2n) is 5.55. The molecule has 0 radical (unpaired) electrons. The number of benzene rings is 1. The van der Waals surface area contributed by atoms with Crippen molar-refractivity contribution in [2.24, 2.45) is 0 Å². The van der Waals surface area contributed by atoms with Gasteiger partial charge < -0.3 is 15.0 Å². The molecule has 1 aliphatic rings. The van der Waals surface area contributed by atoms with Gasteiger partial charge in [0, 0.05) is 36.1 Å². The average molecular weight is 312 g/mol. The van der Waals surface area contributed by atoms with E-state index < -0.39 is 0 Å². The van der Waals surface area contributed by atoms with Gasteiger partial charge in [-0.1, -0.05) is 12.1 Å². The predicted molar refractivity (Wildman–Crippen MR) is 89.5 cm³/mol. The zero-order chi connectivity index (χ0) is 16.2. The van der Waals surface area contributed by atoms with Gasteiger partial charge in [0.1, 0.15) is 5.82 Å². The van der Waals surface area contributed by atoms with Gasteiger partial charge in [-0.2, -0.15) is 4.98 Å². The van der Waals surface area contributed by atoms with Crippen LogP contribution in [0.1, 0.15) is 23.0 Å². The van der Waals surface area contributed by atoms with Gasteiger partial charge in [0.2, 0.25) is 5.95 Å². The molecule has 1 aromatic carbocycles. The molecule has 6 heteroatoms. The van der Waals surface area contributed by atoms with Crippen LogP contribution in [0.3, 0.4) is 0 Å². The van der Waals surface area contributed by atoms with Crippen LogP contribution in [0.25, 0.3) is 0 Å². The number of carbonyl (C=O) groups excluding carboxylic acids is 1. The van der Waals surface area contributed by atoms with Crippen LogP contribution >= 0.6 is 0 Å². The first-order chi connectivity index (χ1) is 11.1. The average Bonchev–Trinajstić information content (AvgIpc) is 2.55. The third-order valence-electron chi connectivity index (χ3n) is 3.70. The lowest BCUT2D eigenvalue weighted by atomic mass is 10.1. The van der Waals surface area contributed by atoms with Gasteiger partial charge in [-0.25, -0.2) is 4.98 Å². The Hall–Kier alpha value is -2.47. The Labute approximate surface area is 135 Å². The number of aryl methyl sites for hydroxylation is 1. The first-order valence-corrected chi connectivity index (χ1v) is 7.68. The fraction of sp³-hybridized carbons (Fsp3) is 0.353. The van der Waals surface area contributed by atoms with Crippen molar-refractivity contribution in [2.75, 3.05) is 36.5 Å². The Morgan fingerprint density at radius 3 is 2.74 bits per heavy atom. The highest BCUT2D eigenvalue weighted by molar-refractivity contribution is 5.95. The monoisotopic (exact) mass is 312 g/mol. The van der Waals surface area contributed by atoms with Gasteiger partial charge in [0.25, 0.3) is 0 Å². The Balaban J connectivity index is 1.83. The summed E-state index contributed by atoms with van der Waals surface area (Å²) in [4.78, 5) is 22.7. The van der Waals surface area contributed by atoms with Crippen molar-refractivity contribution < 1.29 is 9.53 Å². The zero-order valence-electron chi connectivity index (χ0n) is 13.4. The molecule has 0 bridgehead atoms. The van der Waals surface area contributed by atoms with Crippen LogP contribution in [-0.2, 0) is 4.74 Å². The molecule has 2 heterocycles. The third kappa shape index (κ3) is 3.84. The smallest absolute Gasteiger partial charge is 0.229 e. The lowest BCUT2D eigenvalue weighted by Crippen LogP contribution is -2.36. The molecule has 0 atom stereocenters. The summed E-state index contributed by atoms with van der Waals surface area (Å²) in [6, 6.07) is 9.32. The molecule has 0 spiro atoms. The number of hydrogen-bond acceptors (Lipinski definition) is 6. The second-order valence-corrected chi connectivity index (χ2v) is 5.55. The molecule has 1 aromatic heterocycles. The maximum atomic E-state index is 11.5. The number of aromatic nitrogens is 2. The number of anilines is 3. The normalized spacial score (nSPS) is 14.6. The van der Waals surface area contributed by atoms with Crippen molar-refractivity contribution in [3.63, 3.8) is 0 Å². The van der Waals surface area contributed by atoms with E-state index in [1.165, 1.54) is 0 Å². The summed E-state index contributed by atoms with van der Waals surface area (Å²) in [6.45, 7) is 6.59. The van der Waals surface area contributed by atoms with Gasteiger partial charge in [-0.05, 0) is 26.0 Å². The Morgan fingerprint density at radius 2 is 2.00 bits per heavy atom. The van der Waals surface area contributed by atoms with Crippen LogP contribution < -0.4 is 10.2 Å². The summed E-state index contributed by atoms with van der Waals surface area (Å²) in [5.74, 6) is 1.46. The van der Waals surface area contributed by atoms with E-state index in [1.807, 2.05) is 31.2 Å². The Bertz CT molecular complexity index is 711. The molecule has 120 valence electrons. The molecule has 0 aliphatic carbocycles. The summed E-state index contributed by atoms with van der Waals surface area (Å²) in [6.07, 6.45) is 0. The number of ketones is 1. The van der Waals surface area contributed by atoms with Crippen molar-refractivity contribution in [3.05, 3.63) is 41.6 Å². The van der Waals surface area contributed by atoms with Crippen LogP contribution in [0.4, 0.5) is 17.5 Å². The third-order valence-corrected chi connectivity index (χ3v) is 3.70. The van der Waals surface area contributed by atoms with Gasteiger partial charge in [0.15, 0.2) is 5.78 Å². The standard InChI is InChI=1S/C17H20N4O2/c1-12-10-16(21-6-8-23-9-7-21)20-17(18-12)19-15-5-3-4-14(11-15)13(2)22/h3-5,10-11H,6-9H2,1-2H3,(H,18,19,20). The summed E-state index contributed by atoms with van der Waals surface area (Å²) < 4.78 is 5.38. The second kappa shape index (κ2) is 6.75. The van der Waals surface area contributed by atoms with Gasteiger partial charge in [-0.3, -0.25) is 4.79 Å². The van der Waals surface area contributed by atoms with E-state index in [0.29, 0.717) is 24.7 Å². The molecular formula is C17H20N4O2. The van der Waals surface area contributed by atoms with Gasteiger partial charge >= 0.3 is 0 Å². The molecule has 0 saturated carbocycles. The first-order valence-electron chi connectivity index (χ1n) is 7.68. The fourth-order valence-corrected chi connectivity index (χ4v) is 2.51. The molecule has 1 saturated heterocycles. The van der Waals surface area contributed by atoms with E-state index in [0.717, 1.165) is 30.3 Å². The molecule has 0 unspecified atom stereocenters. The minimum atomic E-state index is 0.0350. The Kier molecular flexibility index (Phi) is 4.52. The summed E-state index contributed by atoms with van der Waals surface area (Å²) in [5.41, 5.74) is 2.36. The highest BCUT2D eigenvalue weighted by Gasteiger charge is 2.14. The predicted octanol–water partition coefficient (Wildman–Crippen LogP) is 2.57. The van der Waals surface area contributed by atoms with Crippen molar-refractivity contribution in [1.82, 2.24) is 9.97 Å². The van der Waals surface area contributed by atoms with E-state index in [4.69, 9.17) is 4.74 Å². The van der Waals surface area contributed by atoms with Crippen LogP contribution in [0.5, 0.6) is 0 Å². The van der Waals surface area contributed by atoms with E-state index in [-0.39, 0.29) is 5.78 Å². The van der Waals surface area contributed by atoms with Crippen LogP contribution in [-0.4, -0.2) is 42.1 Å². The van der Waals surface area contributed by atoms with E-state index in [1.54, 1.807) is 13.0 Å². The zero-order valence-corrected chi connectivity index (χ0v) is 13.4. The van der Waals surface area contributed by atoms with Crippen molar-refractivity contribution in [2.45, 2.75) is 13.8 Å². The number of rotatable bonds is 4. The van der Waals surface area contributed by atoms with E-state index in [9.17, 15) is 4.79 Å². The molecule has 1 N–H and O–H groups in total. The largest absolute Gasteiger partial charge is 0.378 e. The topological polar surface area (TPSA) is 67.4 Å². The molecule has 1 aliphatic heterocycles. The molecule has 23 heavy (non-hydrogen) atoms. The van der Waals surface area contributed by atoms with Crippen LogP contribution in [0, 0.1) is 6.92 Å². The van der Waals surface area contributed by atoms with Crippen molar-refractivity contribution >= 4 is 23.2 Å². The number of nitrogens with zero attached hydrogens (tertiary/aromatic N) is 3.